The van der Waals surface area contributed by atoms with Crippen LogP contribution in [-0.4, -0.2) is 35.0 Å². The summed E-state index contributed by atoms with van der Waals surface area (Å²) in [5, 5.41) is 3.17. The Bertz CT molecular complexity index is 539. The smallest absolute Gasteiger partial charge is 0.413 e. The van der Waals surface area contributed by atoms with Crippen molar-refractivity contribution in [3.05, 3.63) is 10.6 Å². The van der Waals surface area contributed by atoms with Crippen molar-refractivity contribution in [1.82, 2.24) is 9.88 Å². The number of amides is 2. The number of ether oxygens (including phenoxy) is 1. The predicted molar refractivity (Wildman–Crippen MR) is 74.6 cm³/mol. The van der Waals surface area contributed by atoms with E-state index in [4.69, 9.17) is 4.74 Å². The van der Waals surface area contributed by atoms with E-state index < -0.39 is 6.09 Å². The second-order valence-electron chi connectivity index (χ2n) is 5.02. The molecule has 108 valence electrons. The third-order valence-corrected chi connectivity index (χ3v) is 4.45. The first-order chi connectivity index (χ1) is 9.67. The number of carbonyl (C=O) groups excluding carboxylic acids is 2. The molecule has 0 radical (unpaired) electrons. The van der Waals surface area contributed by atoms with Crippen molar-refractivity contribution in [2.75, 3.05) is 18.5 Å². The number of carbonyl (C=O) groups is 2. The molecular weight excluding hydrogens is 278 g/mol. The molecule has 0 aromatic carbocycles. The van der Waals surface area contributed by atoms with Crippen molar-refractivity contribution in [2.24, 2.45) is 5.92 Å². The molecule has 1 saturated carbocycles. The highest BCUT2D eigenvalue weighted by Crippen LogP contribution is 2.34. The minimum absolute atomic E-state index is 0.251. The van der Waals surface area contributed by atoms with Crippen molar-refractivity contribution in [3.8, 4) is 0 Å². The van der Waals surface area contributed by atoms with Gasteiger partial charge in [-0.3, -0.25) is 10.1 Å². The van der Waals surface area contributed by atoms with Crippen LogP contribution in [0.3, 0.4) is 0 Å². The number of aromatic nitrogens is 1. The molecule has 1 aliphatic carbocycles. The van der Waals surface area contributed by atoms with Gasteiger partial charge >= 0.3 is 6.09 Å². The van der Waals surface area contributed by atoms with Gasteiger partial charge in [0.25, 0.3) is 0 Å². The fourth-order valence-electron chi connectivity index (χ4n) is 2.28. The van der Waals surface area contributed by atoms with E-state index in [-0.39, 0.29) is 11.8 Å². The van der Waals surface area contributed by atoms with E-state index in [0.717, 1.165) is 36.4 Å². The molecule has 0 unspecified atom stereocenters. The topological polar surface area (TPSA) is 71.5 Å². The van der Waals surface area contributed by atoms with Gasteiger partial charge in [-0.05, 0) is 19.8 Å². The number of nitrogens with zero attached hydrogens (tertiary/aromatic N) is 2. The van der Waals surface area contributed by atoms with Crippen LogP contribution in [0.2, 0.25) is 0 Å². The lowest BCUT2D eigenvalue weighted by atomic mass is 10.1. The Hall–Kier alpha value is -1.63. The number of anilines is 1. The number of hydrogen-bond donors (Lipinski definition) is 1. The highest BCUT2D eigenvalue weighted by atomic mass is 32.1. The molecule has 2 heterocycles. The standard InChI is InChI=1S/C13H17N3O3S/c1-2-19-13(18)15-12-14-9-5-6-16(7-10(9)20-12)11(17)8-3-4-8/h8H,2-7H2,1H3,(H,14,15,18). The Labute approximate surface area is 121 Å². The normalized spacial score (nSPS) is 17.6. The SMILES string of the molecule is CCOC(=O)Nc1nc2c(s1)CN(C(=O)C1CC1)CC2. The van der Waals surface area contributed by atoms with E-state index in [1.807, 2.05) is 4.90 Å². The van der Waals surface area contributed by atoms with Crippen molar-refractivity contribution < 1.29 is 14.3 Å². The average Bonchev–Trinajstić information content (AvgIpc) is 3.18. The van der Waals surface area contributed by atoms with Gasteiger partial charge in [0.05, 0.1) is 18.8 Å². The molecule has 0 saturated heterocycles. The molecule has 2 aliphatic rings. The third kappa shape index (κ3) is 2.77. The van der Waals surface area contributed by atoms with Crippen LogP contribution in [0, 0.1) is 5.92 Å². The van der Waals surface area contributed by atoms with Gasteiger partial charge in [-0.15, -0.1) is 0 Å². The van der Waals surface area contributed by atoms with Crippen molar-refractivity contribution in [3.63, 3.8) is 0 Å². The van der Waals surface area contributed by atoms with E-state index >= 15 is 0 Å². The number of thiazole rings is 1. The molecule has 6 nitrogen and oxygen atoms in total. The summed E-state index contributed by atoms with van der Waals surface area (Å²) in [4.78, 5) is 30.8. The fraction of sp³-hybridized carbons (Fsp3) is 0.615. The second-order valence-corrected chi connectivity index (χ2v) is 6.10. The summed E-state index contributed by atoms with van der Waals surface area (Å²) in [6.45, 7) is 3.44. The van der Waals surface area contributed by atoms with Crippen LogP contribution in [0.15, 0.2) is 0 Å². The molecule has 2 amide bonds. The van der Waals surface area contributed by atoms with E-state index in [1.54, 1.807) is 6.92 Å². The molecule has 0 spiro atoms. The van der Waals surface area contributed by atoms with Crippen LogP contribution in [0.5, 0.6) is 0 Å². The molecule has 1 aromatic rings. The summed E-state index contributed by atoms with van der Waals surface area (Å²) < 4.78 is 4.83. The van der Waals surface area contributed by atoms with Gasteiger partial charge in [0, 0.05) is 23.8 Å². The highest BCUT2D eigenvalue weighted by Gasteiger charge is 2.35. The zero-order valence-corrected chi connectivity index (χ0v) is 12.2. The molecule has 1 aromatic heterocycles. The van der Waals surface area contributed by atoms with E-state index in [2.05, 4.69) is 10.3 Å². The van der Waals surface area contributed by atoms with E-state index in [9.17, 15) is 9.59 Å². The molecule has 1 aliphatic heterocycles. The summed E-state index contributed by atoms with van der Waals surface area (Å²) in [7, 11) is 0. The van der Waals surface area contributed by atoms with Crippen LogP contribution in [0.1, 0.15) is 30.3 Å². The monoisotopic (exact) mass is 295 g/mol. The largest absolute Gasteiger partial charge is 0.450 e. The van der Waals surface area contributed by atoms with Crippen LogP contribution in [-0.2, 0) is 22.5 Å². The number of hydrogen-bond acceptors (Lipinski definition) is 5. The molecule has 7 heteroatoms. The Morgan fingerprint density at radius 3 is 3.00 bits per heavy atom. The molecule has 0 atom stereocenters. The zero-order chi connectivity index (χ0) is 14.1. The fourth-order valence-corrected chi connectivity index (χ4v) is 3.29. The van der Waals surface area contributed by atoms with Crippen LogP contribution >= 0.6 is 11.3 Å². The van der Waals surface area contributed by atoms with Crippen LogP contribution in [0.4, 0.5) is 9.93 Å². The summed E-state index contributed by atoms with van der Waals surface area (Å²) in [5.41, 5.74) is 0.988. The first-order valence-corrected chi connectivity index (χ1v) is 7.70. The average molecular weight is 295 g/mol. The zero-order valence-electron chi connectivity index (χ0n) is 11.3. The van der Waals surface area contributed by atoms with Gasteiger partial charge in [0.1, 0.15) is 0 Å². The lowest BCUT2D eigenvalue weighted by Gasteiger charge is -2.26. The number of rotatable bonds is 3. The lowest BCUT2D eigenvalue weighted by molar-refractivity contribution is -0.133. The molecule has 0 bridgehead atoms. The Morgan fingerprint density at radius 2 is 2.30 bits per heavy atom. The number of fused-ring (bicyclic) bond motifs is 1. The van der Waals surface area contributed by atoms with E-state index in [0.29, 0.717) is 18.3 Å². The van der Waals surface area contributed by atoms with Gasteiger partial charge in [-0.1, -0.05) is 11.3 Å². The minimum Gasteiger partial charge on any atom is -0.450 e. The Morgan fingerprint density at radius 1 is 1.50 bits per heavy atom. The maximum absolute atomic E-state index is 12.1. The Kier molecular flexibility index (Phi) is 3.60. The first-order valence-electron chi connectivity index (χ1n) is 6.88. The van der Waals surface area contributed by atoms with Crippen molar-refractivity contribution in [1.29, 1.82) is 0 Å². The van der Waals surface area contributed by atoms with Gasteiger partial charge in [0.15, 0.2) is 5.13 Å². The van der Waals surface area contributed by atoms with Gasteiger partial charge in [0.2, 0.25) is 5.91 Å². The molecule has 1 N–H and O–H groups in total. The molecular formula is C13H17N3O3S. The summed E-state index contributed by atoms with van der Waals surface area (Å²) in [5.74, 6) is 0.519. The van der Waals surface area contributed by atoms with Crippen molar-refractivity contribution in [2.45, 2.75) is 32.7 Å². The Balaban J connectivity index is 1.66. The van der Waals surface area contributed by atoms with Gasteiger partial charge in [-0.25, -0.2) is 9.78 Å². The first kappa shape index (κ1) is 13.4. The molecule has 1 fully saturated rings. The van der Waals surface area contributed by atoms with E-state index in [1.165, 1.54) is 11.3 Å². The maximum Gasteiger partial charge on any atom is 0.413 e. The second kappa shape index (κ2) is 5.40. The predicted octanol–water partition coefficient (Wildman–Crippen LogP) is 2.01. The van der Waals surface area contributed by atoms with Crippen LogP contribution in [0.25, 0.3) is 0 Å². The quantitative estimate of drug-likeness (QED) is 0.926. The minimum atomic E-state index is -0.482. The van der Waals surface area contributed by atoms with Crippen molar-refractivity contribution >= 4 is 28.5 Å². The lowest BCUT2D eigenvalue weighted by Crippen LogP contribution is -2.36. The van der Waals surface area contributed by atoms with Gasteiger partial charge in [-0.2, -0.15) is 0 Å². The summed E-state index contributed by atoms with van der Waals surface area (Å²) in [6.07, 6.45) is 2.33. The third-order valence-electron chi connectivity index (χ3n) is 3.45. The summed E-state index contributed by atoms with van der Waals surface area (Å²) in [6, 6.07) is 0. The maximum atomic E-state index is 12.1. The highest BCUT2D eigenvalue weighted by molar-refractivity contribution is 7.15. The van der Waals surface area contributed by atoms with Crippen LogP contribution < -0.4 is 5.32 Å². The van der Waals surface area contributed by atoms with Gasteiger partial charge < -0.3 is 9.64 Å². The summed E-state index contributed by atoms with van der Waals surface area (Å²) >= 11 is 1.43. The number of nitrogens with one attached hydrogen (secondary N) is 1. The molecule has 20 heavy (non-hydrogen) atoms. The molecule has 3 rings (SSSR count).